The van der Waals surface area contributed by atoms with Crippen LogP contribution in [0.25, 0.3) is 0 Å². The standard InChI is InChI=1S/C4H4O6.H2O.Sb/c5-1(3(7)8)2(6)4(9)10;;/h1-2H,(H,7,8)(H,9,10);1H2;/q-2;;+3. The predicted octanol–water partition coefficient (Wildman–Crippen LogP) is -2.53. The third kappa shape index (κ3) is 1.29. The maximum absolute atomic E-state index is 10.7. The minimum Gasteiger partial charge on any atom is -0.457 e. The SMILES string of the molecule is O=C(O)C1[O][Sb]2[O]C(=O)C1[O]2.[OH3+]. The van der Waals surface area contributed by atoms with E-state index in [1.807, 2.05) is 0 Å². The predicted molar refractivity (Wildman–Crippen MR) is 34.1 cm³/mol. The van der Waals surface area contributed by atoms with E-state index in [-0.39, 0.29) is 5.48 Å². The molecule has 0 radical (unpaired) electrons. The second-order valence-electron chi connectivity index (χ2n) is 2.02. The normalized spacial score (nSPS) is 32.8. The fourth-order valence-electron chi connectivity index (χ4n) is 0.830. The molecule has 2 fully saturated rings. The maximum atomic E-state index is 10.7. The molecular formula is C4H6O7Sb+. The van der Waals surface area contributed by atoms with Gasteiger partial charge in [-0.25, -0.2) is 0 Å². The van der Waals surface area contributed by atoms with Crippen molar-refractivity contribution in [3.05, 3.63) is 0 Å². The molecule has 7 nitrogen and oxygen atoms in total. The first-order valence-electron chi connectivity index (χ1n) is 2.77. The summed E-state index contributed by atoms with van der Waals surface area (Å²) in [5.41, 5.74) is 0. The average Bonchev–Trinajstić information content (AvgIpc) is 2.43. The molecule has 2 aliphatic heterocycles. The first-order valence-corrected chi connectivity index (χ1v) is 5.89. The van der Waals surface area contributed by atoms with E-state index in [0.717, 1.165) is 0 Å². The molecule has 0 aliphatic carbocycles. The molecule has 2 atom stereocenters. The van der Waals surface area contributed by atoms with Crippen molar-refractivity contribution in [1.29, 1.82) is 0 Å². The van der Waals surface area contributed by atoms with Crippen LogP contribution in [0.5, 0.6) is 0 Å². The summed E-state index contributed by atoms with van der Waals surface area (Å²) < 4.78 is 14.3. The van der Waals surface area contributed by atoms with Gasteiger partial charge in [0.15, 0.2) is 0 Å². The van der Waals surface area contributed by atoms with Gasteiger partial charge >= 0.3 is 69.4 Å². The number of carboxylic acids is 1. The summed E-state index contributed by atoms with van der Waals surface area (Å²) in [6, 6.07) is 0. The van der Waals surface area contributed by atoms with Crippen molar-refractivity contribution >= 4 is 33.4 Å². The Morgan fingerprint density at radius 2 is 2.17 bits per heavy atom. The van der Waals surface area contributed by atoms with Crippen LogP contribution in [0.15, 0.2) is 0 Å². The molecule has 0 saturated carbocycles. The van der Waals surface area contributed by atoms with Gasteiger partial charge in [0.25, 0.3) is 0 Å². The van der Waals surface area contributed by atoms with Gasteiger partial charge in [-0.3, -0.25) is 0 Å². The summed E-state index contributed by atoms with van der Waals surface area (Å²) >= 11 is -2.80. The molecule has 2 aliphatic rings. The zero-order valence-electron chi connectivity index (χ0n) is 5.67. The molecule has 0 amide bonds. The number of hydrogen-bond donors (Lipinski definition) is 1. The van der Waals surface area contributed by atoms with E-state index >= 15 is 0 Å². The zero-order valence-corrected chi connectivity index (χ0v) is 8.22. The van der Waals surface area contributed by atoms with Gasteiger partial charge in [-0.15, -0.1) is 0 Å². The molecule has 0 spiro atoms. The molecule has 2 unspecified atom stereocenters. The fraction of sp³-hybridized carbons (Fsp3) is 0.500. The quantitative estimate of drug-likeness (QED) is 0.420. The Bertz CT molecular complexity index is 227. The molecular weight excluding hydrogens is 282 g/mol. The second-order valence-corrected chi connectivity index (χ2v) is 5.03. The number of carbonyl (C=O) groups is 2. The van der Waals surface area contributed by atoms with E-state index in [1.165, 1.54) is 0 Å². The van der Waals surface area contributed by atoms with Crippen LogP contribution in [0.3, 0.4) is 0 Å². The minimum absolute atomic E-state index is 0. The van der Waals surface area contributed by atoms with Crippen LogP contribution >= 0.6 is 0 Å². The Morgan fingerprint density at radius 1 is 1.50 bits per heavy atom. The van der Waals surface area contributed by atoms with Crippen LogP contribution in [-0.2, 0) is 24.1 Å². The van der Waals surface area contributed by atoms with Crippen molar-refractivity contribution in [2.75, 3.05) is 0 Å². The number of carbonyl (C=O) groups excluding carboxylic acids is 1. The molecule has 2 heterocycles. The smallest absolute Gasteiger partial charge is 0.457 e. The van der Waals surface area contributed by atoms with Crippen LogP contribution in [0.2, 0.25) is 0 Å². The van der Waals surface area contributed by atoms with Crippen LogP contribution in [0.4, 0.5) is 0 Å². The Labute approximate surface area is 75.2 Å². The van der Waals surface area contributed by atoms with Crippen molar-refractivity contribution in [3.63, 3.8) is 0 Å². The van der Waals surface area contributed by atoms with Crippen LogP contribution in [0, 0.1) is 0 Å². The Kier molecular flexibility index (Phi) is 2.57. The van der Waals surface area contributed by atoms with Gasteiger partial charge in [0.05, 0.1) is 0 Å². The first kappa shape index (κ1) is 9.72. The molecule has 0 aromatic carbocycles. The van der Waals surface area contributed by atoms with E-state index in [2.05, 4.69) is 3.02 Å². The van der Waals surface area contributed by atoms with Gasteiger partial charge < -0.3 is 5.48 Å². The Hall–Kier alpha value is -0.362. The minimum atomic E-state index is -2.80. The molecule has 2 saturated heterocycles. The Balaban J connectivity index is 0.000000720. The second kappa shape index (κ2) is 3.18. The molecule has 0 aromatic heterocycles. The topological polar surface area (TPSA) is 115 Å². The Morgan fingerprint density at radius 3 is 2.50 bits per heavy atom. The van der Waals surface area contributed by atoms with Crippen LogP contribution in [-0.4, -0.2) is 50.7 Å². The van der Waals surface area contributed by atoms with Crippen LogP contribution in [0.1, 0.15) is 0 Å². The van der Waals surface area contributed by atoms with Gasteiger partial charge in [-0.2, -0.15) is 0 Å². The molecule has 4 N–H and O–H groups in total. The number of aliphatic carboxylic acids is 1. The van der Waals surface area contributed by atoms with E-state index in [1.54, 1.807) is 0 Å². The summed E-state index contributed by atoms with van der Waals surface area (Å²) in [5.74, 6) is -1.76. The van der Waals surface area contributed by atoms with Gasteiger partial charge in [-0.05, 0) is 0 Å². The van der Waals surface area contributed by atoms with Crippen molar-refractivity contribution in [2.24, 2.45) is 0 Å². The summed E-state index contributed by atoms with van der Waals surface area (Å²) in [6.07, 6.45) is -2.13. The summed E-state index contributed by atoms with van der Waals surface area (Å²) in [4.78, 5) is 21.1. The van der Waals surface area contributed by atoms with Gasteiger partial charge in [-0.1, -0.05) is 0 Å². The van der Waals surface area contributed by atoms with E-state index in [4.69, 9.17) is 11.1 Å². The van der Waals surface area contributed by atoms with E-state index in [0.29, 0.717) is 0 Å². The third-order valence-electron chi connectivity index (χ3n) is 1.31. The first-order chi connectivity index (χ1) is 5.18. The molecule has 68 valence electrons. The number of hydrogen-bond acceptors (Lipinski definition) is 5. The summed E-state index contributed by atoms with van der Waals surface area (Å²) in [5, 5.41) is 8.47. The molecule has 2 bridgehead atoms. The number of rotatable bonds is 1. The van der Waals surface area contributed by atoms with E-state index in [9.17, 15) is 9.59 Å². The van der Waals surface area contributed by atoms with Crippen molar-refractivity contribution < 1.29 is 29.2 Å². The van der Waals surface area contributed by atoms with Crippen LogP contribution < -0.4 is 0 Å². The monoisotopic (exact) mass is 287 g/mol. The zero-order chi connectivity index (χ0) is 8.01. The molecule has 2 rings (SSSR count). The van der Waals surface area contributed by atoms with Gasteiger partial charge in [0.2, 0.25) is 0 Å². The van der Waals surface area contributed by atoms with Crippen molar-refractivity contribution in [3.8, 4) is 0 Å². The summed E-state index contributed by atoms with van der Waals surface area (Å²) in [7, 11) is 0. The molecule has 12 heavy (non-hydrogen) atoms. The molecule has 0 aromatic rings. The maximum Gasteiger partial charge on any atom is -0.457 e. The third-order valence-corrected chi connectivity index (χ3v) is 4.53. The largest absolute Gasteiger partial charge is 0.457 e. The fourth-order valence-corrected chi connectivity index (χ4v) is 4.13. The molecule has 8 heteroatoms. The van der Waals surface area contributed by atoms with E-state index < -0.39 is 45.6 Å². The summed E-state index contributed by atoms with van der Waals surface area (Å²) in [6.45, 7) is 0. The average molecular weight is 288 g/mol. The van der Waals surface area contributed by atoms with Gasteiger partial charge in [0.1, 0.15) is 0 Å². The van der Waals surface area contributed by atoms with Crippen molar-refractivity contribution in [1.82, 2.24) is 0 Å². The number of fused-ring (bicyclic) bond motifs is 2. The number of carboxylic acid groups (broad SMARTS) is 1. The van der Waals surface area contributed by atoms with Crippen molar-refractivity contribution in [2.45, 2.75) is 12.2 Å². The van der Waals surface area contributed by atoms with Gasteiger partial charge in [0, 0.05) is 0 Å².